The fourth-order valence-electron chi connectivity index (χ4n) is 4.19. The van der Waals surface area contributed by atoms with Crippen molar-refractivity contribution in [2.45, 2.75) is 50.0 Å². The van der Waals surface area contributed by atoms with E-state index in [1.807, 2.05) is 0 Å². The Morgan fingerprint density at radius 1 is 1.20 bits per heavy atom. The van der Waals surface area contributed by atoms with E-state index < -0.39 is 10.0 Å². The second kappa shape index (κ2) is 6.65. The van der Waals surface area contributed by atoms with Crippen LogP contribution in [0.5, 0.6) is 0 Å². The predicted octanol–water partition coefficient (Wildman–Crippen LogP) is 2.06. The first-order chi connectivity index (χ1) is 12.0. The Morgan fingerprint density at radius 2 is 1.92 bits per heavy atom. The van der Waals surface area contributed by atoms with E-state index in [0.29, 0.717) is 12.5 Å². The minimum Gasteiger partial charge on any atom is -0.372 e. The molecule has 1 N–H and O–H groups in total. The number of rotatable bonds is 7. The molecular weight excluding hydrogens is 336 g/mol. The van der Waals surface area contributed by atoms with Gasteiger partial charge in [0, 0.05) is 32.8 Å². The van der Waals surface area contributed by atoms with E-state index in [4.69, 9.17) is 4.74 Å². The topological polar surface area (TPSA) is 58.6 Å². The summed E-state index contributed by atoms with van der Waals surface area (Å²) in [5.41, 5.74) is 2.58. The number of hydrogen-bond acceptors (Lipinski definition) is 4. The summed E-state index contributed by atoms with van der Waals surface area (Å²) in [5, 5.41) is -0.130. The van der Waals surface area contributed by atoms with E-state index >= 15 is 0 Å². The molecule has 0 aromatic heterocycles. The van der Waals surface area contributed by atoms with Crippen molar-refractivity contribution in [1.82, 2.24) is 9.62 Å². The minimum atomic E-state index is -3.06. The molecule has 0 unspecified atom stereocenters. The average molecular weight is 365 g/mol. The van der Waals surface area contributed by atoms with Gasteiger partial charge in [-0.05, 0) is 44.1 Å². The predicted molar refractivity (Wildman–Crippen MR) is 97.8 cm³/mol. The summed E-state index contributed by atoms with van der Waals surface area (Å²) in [7, 11) is -3.06. The van der Waals surface area contributed by atoms with Gasteiger partial charge in [0.2, 0.25) is 10.0 Å². The van der Waals surface area contributed by atoms with E-state index in [9.17, 15) is 8.42 Å². The van der Waals surface area contributed by atoms with E-state index in [2.05, 4.69) is 40.8 Å². The number of likely N-dealkylation sites (tertiary alicyclic amines) is 1. The molecule has 1 saturated carbocycles. The smallest absolute Gasteiger partial charge is 0.214 e. The molecule has 2 saturated heterocycles. The summed E-state index contributed by atoms with van der Waals surface area (Å²) >= 11 is 0. The van der Waals surface area contributed by atoms with E-state index in [1.54, 1.807) is 0 Å². The molecule has 25 heavy (non-hydrogen) atoms. The zero-order valence-corrected chi connectivity index (χ0v) is 15.7. The molecule has 1 spiro atoms. The molecule has 1 aliphatic carbocycles. The van der Waals surface area contributed by atoms with Crippen molar-refractivity contribution < 1.29 is 13.2 Å². The van der Waals surface area contributed by atoms with E-state index in [1.165, 1.54) is 11.1 Å². The molecule has 2 heterocycles. The van der Waals surface area contributed by atoms with Gasteiger partial charge in [-0.2, -0.15) is 0 Å². The fourth-order valence-corrected chi connectivity index (χ4v) is 5.58. The summed E-state index contributed by atoms with van der Waals surface area (Å²) in [6.07, 6.45) is 3.56. The molecule has 138 valence electrons. The van der Waals surface area contributed by atoms with Crippen LogP contribution < -0.4 is 4.72 Å². The Labute approximate surface area is 150 Å². The van der Waals surface area contributed by atoms with Gasteiger partial charge in [0.05, 0.1) is 10.9 Å². The zero-order valence-electron chi connectivity index (χ0n) is 14.9. The molecule has 2 aliphatic heterocycles. The first kappa shape index (κ1) is 17.5. The van der Waals surface area contributed by atoms with E-state index in [0.717, 1.165) is 51.9 Å². The highest BCUT2D eigenvalue weighted by molar-refractivity contribution is 7.90. The lowest BCUT2D eigenvalue weighted by Gasteiger charge is -2.50. The van der Waals surface area contributed by atoms with Crippen molar-refractivity contribution in [2.24, 2.45) is 5.92 Å². The van der Waals surface area contributed by atoms with Crippen molar-refractivity contribution >= 4 is 10.0 Å². The maximum atomic E-state index is 11.9. The second-order valence-electron chi connectivity index (χ2n) is 7.96. The van der Waals surface area contributed by atoms with Crippen LogP contribution in [0.1, 0.15) is 36.8 Å². The molecule has 0 bridgehead atoms. The average Bonchev–Trinajstić information content (AvgIpc) is 3.32. The number of nitrogens with one attached hydrogen (secondary N) is 1. The SMILES string of the molecule is Cc1ccc(CN2CC3(C2)OCC[C@H]3CCNS(=O)(=O)C2CC2)cc1. The highest BCUT2D eigenvalue weighted by Gasteiger charge is 2.52. The number of aryl methyl sites for hydroxylation is 1. The third-order valence-corrected chi connectivity index (χ3v) is 7.82. The van der Waals surface area contributed by atoms with Crippen molar-refractivity contribution in [3.8, 4) is 0 Å². The van der Waals surface area contributed by atoms with Crippen LogP contribution in [0.25, 0.3) is 0 Å². The quantitative estimate of drug-likeness (QED) is 0.805. The summed E-state index contributed by atoms with van der Waals surface area (Å²) in [4.78, 5) is 2.43. The highest BCUT2D eigenvalue weighted by atomic mass is 32.2. The van der Waals surface area contributed by atoms with Gasteiger partial charge in [0.15, 0.2) is 0 Å². The molecule has 0 radical (unpaired) electrons. The summed E-state index contributed by atoms with van der Waals surface area (Å²) < 4.78 is 32.8. The van der Waals surface area contributed by atoms with Crippen LogP contribution in [0.2, 0.25) is 0 Å². The normalized spacial score (nSPS) is 26.0. The summed E-state index contributed by atoms with van der Waals surface area (Å²) in [6.45, 7) is 6.34. The Hall–Kier alpha value is -0.950. The van der Waals surface area contributed by atoms with Crippen LogP contribution in [0.15, 0.2) is 24.3 Å². The van der Waals surface area contributed by atoms with Crippen molar-refractivity contribution in [1.29, 1.82) is 0 Å². The highest BCUT2D eigenvalue weighted by Crippen LogP contribution is 2.42. The van der Waals surface area contributed by atoms with Crippen molar-refractivity contribution in [3.63, 3.8) is 0 Å². The number of benzene rings is 1. The molecule has 1 atom stereocenters. The molecule has 0 amide bonds. The number of sulfonamides is 1. The van der Waals surface area contributed by atoms with Crippen LogP contribution in [0.3, 0.4) is 0 Å². The van der Waals surface area contributed by atoms with Crippen LogP contribution in [-0.4, -0.2) is 50.4 Å². The van der Waals surface area contributed by atoms with Gasteiger partial charge in [-0.25, -0.2) is 13.1 Å². The van der Waals surface area contributed by atoms with Gasteiger partial charge in [0.1, 0.15) is 0 Å². The fraction of sp³-hybridized carbons (Fsp3) is 0.684. The standard InChI is InChI=1S/C19H28N2O3S/c1-15-2-4-16(5-3-15)12-21-13-19(14-21)17(9-11-24-19)8-10-20-25(22,23)18-6-7-18/h2-5,17-18,20H,6-14H2,1H3/t17-/m1/s1. The van der Waals surface area contributed by atoms with Crippen LogP contribution in [0, 0.1) is 12.8 Å². The van der Waals surface area contributed by atoms with Crippen molar-refractivity contribution in [3.05, 3.63) is 35.4 Å². The molecule has 1 aromatic carbocycles. The molecule has 3 fully saturated rings. The zero-order chi connectivity index (χ0) is 17.5. The lowest BCUT2D eigenvalue weighted by Crippen LogP contribution is -2.64. The molecule has 6 heteroatoms. The summed E-state index contributed by atoms with van der Waals surface area (Å²) in [6, 6.07) is 8.71. The van der Waals surface area contributed by atoms with E-state index in [-0.39, 0.29) is 10.9 Å². The van der Waals surface area contributed by atoms with Gasteiger partial charge in [-0.1, -0.05) is 29.8 Å². The molecule has 3 aliphatic rings. The number of nitrogens with zero attached hydrogens (tertiary/aromatic N) is 1. The van der Waals surface area contributed by atoms with Gasteiger partial charge >= 0.3 is 0 Å². The largest absolute Gasteiger partial charge is 0.372 e. The van der Waals surface area contributed by atoms with Gasteiger partial charge in [-0.15, -0.1) is 0 Å². The molecular formula is C19H28N2O3S. The molecule has 1 aromatic rings. The lowest BCUT2D eigenvalue weighted by atomic mass is 9.79. The third-order valence-electron chi connectivity index (χ3n) is 5.87. The monoisotopic (exact) mass is 364 g/mol. The Bertz CT molecular complexity index is 707. The number of hydrogen-bond donors (Lipinski definition) is 1. The molecule has 5 nitrogen and oxygen atoms in total. The maximum absolute atomic E-state index is 11.9. The Kier molecular flexibility index (Phi) is 4.65. The second-order valence-corrected chi connectivity index (χ2v) is 10.0. The van der Waals surface area contributed by atoms with Crippen LogP contribution >= 0.6 is 0 Å². The maximum Gasteiger partial charge on any atom is 0.214 e. The lowest BCUT2D eigenvalue weighted by molar-refractivity contribution is -0.136. The minimum absolute atomic E-state index is 0.0459. The Morgan fingerprint density at radius 3 is 2.60 bits per heavy atom. The molecule has 4 rings (SSSR count). The first-order valence-corrected chi connectivity index (χ1v) is 10.9. The van der Waals surface area contributed by atoms with Crippen molar-refractivity contribution in [2.75, 3.05) is 26.2 Å². The van der Waals surface area contributed by atoms with Gasteiger partial charge in [-0.3, -0.25) is 4.90 Å². The van der Waals surface area contributed by atoms with Gasteiger partial charge in [0.25, 0.3) is 0 Å². The van der Waals surface area contributed by atoms with Gasteiger partial charge < -0.3 is 4.74 Å². The number of ether oxygens (including phenoxy) is 1. The third kappa shape index (κ3) is 3.77. The van der Waals surface area contributed by atoms with Crippen LogP contribution in [-0.2, 0) is 21.3 Å². The summed E-state index contributed by atoms with van der Waals surface area (Å²) in [5.74, 6) is 0.462. The Balaban J connectivity index is 1.26. The first-order valence-electron chi connectivity index (χ1n) is 9.37. The van der Waals surface area contributed by atoms with Crippen LogP contribution in [0.4, 0.5) is 0 Å².